The van der Waals surface area contributed by atoms with Crippen molar-refractivity contribution in [3.05, 3.63) is 70.1 Å². The Hall–Kier alpha value is -2.66. The van der Waals surface area contributed by atoms with Gasteiger partial charge in [0.1, 0.15) is 5.75 Å². The van der Waals surface area contributed by atoms with E-state index in [1.165, 1.54) is 4.68 Å². The van der Waals surface area contributed by atoms with Crippen LogP contribution in [-0.4, -0.2) is 23.4 Å². The topological polar surface area (TPSA) is 70.1 Å². The molecule has 0 bridgehead atoms. The second-order valence-corrected chi connectivity index (χ2v) is 5.65. The normalized spacial score (nSPS) is 10.9. The summed E-state index contributed by atoms with van der Waals surface area (Å²) >= 11 is 0. The molecular weight excluding hydrogens is 302 g/mol. The number of benzene rings is 2. The highest BCUT2D eigenvalue weighted by molar-refractivity contribution is 5.83. The summed E-state index contributed by atoms with van der Waals surface area (Å²) in [6.07, 6.45) is 1.33. The van der Waals surface area contributed by atoms with Crippen LogP contribution in [0, 0.1) is 0 Å². The van der Waals surface area contributed by atoms with Gasteiger partial charge in [0.2, 0.25) is 0 Å². The molecule has 0 aliphatic carbocycles. The van der Waals surface area contributed by atoms with Crippen LogP contribution in [0.4, 0.5) is 0 Å². The van der Waals surface area contributed by atoms with Crippen LogP contribution < -0.4 is 16.0 Å². The first-order valence-electron chi connectivity index (χ1n) is 8.05. The average molecular weight is 323 g/mol. The Bertz CT molecular complexity index is 902. The van der Waals surface area contributed by atoms with Gasteiger partial charge in [0.05, 0.1) is 18.2 Å². The minimum Gasteiger partial charge on any atom is -0.496 e. The van der Waals surface area contributed by atoms with Crippen LogP contribution in [0.15, 0.2) is 53.3 Å². The van der Waals surface area contributed by atoms with Crippen molar-refractivity contribution in [2.24, 2.45) is 5.73 Å². The molecular formula is C19H21N3O2. The molecule has 0 atom stereocenters. The molecule has 0 unspecified atom stereocenters. The lowest BCUT2D eigenvalue weighted by atomic mass is 10.0. The summed E-state index contributed by atoms with van der Waals surface area (Å²) < 4.78 is 6.96. The van der Waals surface area contributed by atoms with Crippen molar-refractivity contribution in [2.45, 2.75) is 19.4 Å². The van der Waals surface area contributed by atoms with Gasteiger partial charge in [0, 0.05) is 23.9 Å². The van der Waals surface area contributed by atoms with E-state index in [1.807, 2.05) is 48.5 Å². The standard InChI is InChI=1S/C19H21N3O2/c1-24-18-10-5-2-7-14(18)13-17-15-8-3-4-9-16(15)19(23)22(21-17)12-6-11-20/h2-5,7-10H,6,11-13,20H2,1H3. The summed E-state index contributed by atoms with van der Waals surface area (Å²) in [5, 5.41) is 6.18. The van der Waals surface area contributed by atoms with Crippen molar-refractivity contribution in [1.29, 1.82) is 0 Å². The smallest absolute Gasteiger partial charge is 0.274 e. The van der Waals surface area contributed by atoms with Crippen molar-refractivity contribution in [2.75, 3.05) is 13.7 Å². The van der Waals surface area contributed by atoms with Crippen LogP contribution in [0.3, 0.4) is 0 Å². The van der Waals surface area contributed by atoms with Crippen molar-refractivity contribution in [3.8, 4) is 5.75 Å². The van der Waals surface area contributed by atoms with Gasteiger partial charge in [-0.25, -0.2) is 4.68 Å². The van der Waals surface area contributed by atoms with E-state index in [2.05, 4.69) is 5.10 Å². The molecule has 0 saturated heterocycles. The highest BCUT2D eigenvalue weighted by Gasteiger charge is 2.12. The van der Waals surface area contributed by atoms with Crippen molar-refractivity contribution < 1.29 is 4.74 Å². The fourth-order valence-corrected chi connectivity index (χ4v) is 2.86. The zero-order valence-corrected chi connectivity index (χ0v) is 13.7. The molecule has 24 heavy (non-hydrogen) atoms. The minimum absolute atomic E-state index is 0.0668. The van der Waals surface area contributed by atoms with Crippen molar-refractivity contribution in [1.82, 2.24) is 9.78 Å². The van der Waals surface area contributed by atoms with E-state index >= 15 is 0 Å². The monoisotopic (exact) mass is 323 g/mol. The molecule has 1 heterocycles. The highest BCUT2D eigenvalue weighted by Crippen LogP contribution is 2.23. The van der Waals surface area contributed by atoms with Gasteiger partial charge in [-0.05, 0) is 25.1 Å². The van der Waals surface area contributed by atoms with Gasteiger partial charge >= 0.3 is 0 Å². The number of methoxy groups -OCH3 is 1. The Morgan fingerprint density at radius 2 is 1.79 bits per heavy atom. The van der Waals surface area contributed by atoms with Crippen LogP contribution in [-0.2, 0) is 13.0 Å². The van der Waals surface area contributed by atoms with E-state index < -0.39 is 0 Å². The molecule has 5 heteroatoms. The lowest BCUT2D eigenvalue weighted by Crippen LogP contribution is -2.26. The van der Waals surface area contributed by atoms with Crippen molar-refractivity contribution >= 4 is 10.8 Å². The lowest BCUT2D eigenvalue weighted by Gasteiger charge is -2.12. The van der Waals surface area contributed by atoms with Crippen molar-refractivity contribution in [3.63, 3.8) is 0 Å². The third-order valence-electron chi connectivity index (χ3n) is 4.07. The van der Waals surface area contributed by atoms with E-state index in [0.29, 0.717) is 24.9 Å². The lowest BCUT2D eigenvalue weighted by molar-refractivity contribution is 0.410. The molecule has 5 nitrogen and oxygen atoms in total. The number of nitrogens with two attached hydrogens (primary N) is 1. The first-order chi connectivity index (χ1) is 11.7. The Morgan fingerprint density at radius 3 is 2.54 bits per heavy atom. The van der Waals surface area contributed by atoms with Crippen LogP contribution in [0.25, 0.3) is 10.8 Å². The number of nitrogens with zero attached hydrogens (tertiary/aromatic N) is 2. The SMILES string of the molecule is COc1ccccc1Cc1nn(CCCN)c(=O)c2ccccc12. The molecule has 2 N–H and O–H groups in total. The molecule has 0 amide bonds. The predicted octanol–water partition coefficient (Wildman–Crippen LogP) is 2.34. The van der Waals surface area contributed by atoms with Crippen LogP contribution in [0.5, 0.6) is 5.75 Å². The molecule has 3 aromatic rings. The fourth-order valence-electron chi connectivity index (χ4n) is 2.86. The summed E-state index contributed by atoms with van der Waals surface area (Å²) in [7, 11) is 1.66. The Kier molecular flexibility index (Phi) is 4.91. The molecule has 0 aliphatic heterocycles. The Morgan fingerprint density at radius 1 is 1.08 bits per heavy atom. The van der Waals surface area contributed by atoms with Gasteiger partial charge < -0.3 is 10.5 Å². The number of rotatable bonds is 6. The van der Waals surface area contributed by atoms with E-state index in [1.54, 1.807) is 7.11 Å². The summed E-state index contributed by atoms with van der Waals surface area (Å²) in [6, 6.07) is 15.5. The van der Waals surface area contributed by atoms with Gasteiger partial charge in [-0.15, -0.1) is 0 Å². The molecule has 0 radical (unpaired) electrons. The molecule has 0 saturated carbocycles. The Labute approximate surface area is 140 Å². The van der Waals surface area contributed by atoms with Gasteiger partial charge in [0.15, 0.2) is 0 Å². The third kappa shape index (κ3) is 3.16. The first kappa shape index (κ1) is 16.2. The molecule has 3 rings (SSSR count). The minimum atomic E-state index is -0.0668. The third-order valence-corrected chi connectivity index (χ3v) is 4.07. The number of aromatic nitrogens is 2. The second kappa shape index (κ2) is 7.27. The highest BCUT2D eigenvalue weighted by atomic mass is 16.5. The summed E-state index contributed by atoms with van der Waals surface area (Å²) in [6.45, 7) is 1.06. The largest absolute Gasteiger partial charge is 0.496 e. The first-order valence-corrected chi connectivity index (χ1v) is 8.05. The number of aryl methyl sites for hydroxylation is 1. The summed E-state index contributed by atoms with van der Waals surface area (Å²) in [4.78, 5) is 12.6. The van der Waals surface area contributed by atoms with Crippen LogP contribution in [0.2, 0.25) is 0 Å². The maximum Gasteiger partial charge on any atom is 0.274 e. The number of fused-ring (bicyclic) bond motifs is 1. The molecule has 124 valence electrons. The summed E-state index contributed by atoms with van der Waals surface area (Å²) in [5.74, 6) is 0.822. The van der Waals surface area contributed by atoms with Crippen LogP contribution in [0.1, 0.15) is 17.7 Å². The van der Waals surface area contributed by atoms with Crippen LogP contribution >= 0.6 is 0 Å². The van der Waals surface area contributed by atoms with Gasteiger partial charge in [0.25, 0.3) is 5.56 Å². The zero-order valence-electron chi connectivity index (χ0n) is 13.7. The number of ether oxygens (including phenoxy) is 1. The molecule has 0 aliphatic rings. The van der Waals surface area contributed by atoms with E-state index in [4.69, 9.17) is 10.5 Å². The second-order valence-electron chi connectivity index (χ2n) is 5.65. The predicted molar refractivity (Wildman–Crippen MR) is 95.5 cm³/mol. The number of hydrogen-bond acceptors (Lipinski definition) is 4. The van der Waals surface area contributed by atoms with E-state index in [9.17, 15) is 4.79 Å². The maximum absolute atomic E-state index is 12.6. The van der Waals surface area contributed by atoms with Gasteiger partial charge in [-0.1, -0.05) is 36.4 Å². The zero-order chi connectivity index (χ0) is 16.9. The van der Waals surface area contributed by atoms with E-state index in [-0.39, 0.29) is 5.56 Å². The number of para-hydroxylation sites is 1. The quantitative estimate of drug-likeness (QED) is 0.756. The molecule has 1 aromatic heterocycles. The molecule has 2 aromatic carbocycles. The van der Waals surface area contributed by atoms with Gasteiger partial charge in [-0.2, -0.15) is 5.10 Å². The average Bonchev–Trinajstić information content (AvgIpc) is 2.63. The van der Waals surface area contributed by atoms with Gasteiger partial charge in [-0.3, -0.25) is 4.79 Å². The van der Waals surface area contributed by atoms with E-state index in [0.717, 1.165) is 28.8 Å². The summed E-state index contributed by atoms with van der Waals surface area (Å²) in [5.41, 5.74) is 7.42. The Balaban J connectivity index is 2.12. The fraction of sp³-hybridized carbons (Fsp3) is 0.263. The number of hydrogen-bond donors (Lipinski definition) is 1. The molecule has 0 spiro atoms. The maximum atomic E-state index is 12.6. The molecule has 0 fully saturated rings.